The first kappa shape index (κ1) is 29.9. The zero-order valence-corrected chi connectivity index (χ0v) is 23.5. The molecule has 0 spiro atoms. The molecule has 0 aliphatic heterocycles. The van der Waals surface area contributed by atoms with Crippen molar-refractivity contribution in [2.24, 2.45) is 5.41 Å². The first-order valence-corrected chi connectivity index (χ1v) is 13.2. The Hall–Kier alpha value is -3.64. The van der Waals surface area contributed by atoms with E-state index < -0.39 is 17.5 Å². The maximum absolute atomic E-state index is 15.0. The van der Waals surface area contributed by atoms with Gasteiger partial charge in [-0.05, 0) is 71.0 Å². The average molecular weight is 535 g/mol. The SMILES string of the molecule is C=CC(C)(C)[C@H](OC)c1cc(COc2cccc([C@H](CCC)CC(=O)O)c2)ccc1-c1cc(OC)ccc1F. The molecule has 0 heterocycles. The van der Waals surface area contributed by atoms with Crippen LogP contribution in [0.1, 0.15) is 68.7 Å². The summed E-state index contributed by atoms with van der Waals surface area (Å²) in [5.41, 5.74) is 3.34. The molecule has 6 heteroatoms. The van der Waals surface area contributed by atoms with Crippen molar-refractivity contribution < 1.29 is 28.5 Å². The number of halogens is 1. The third-order valence-corrected chi connectivity index (χ3v) is 7.09. The number of hydrogen-bond donors (Lipinski definition) is 1. The number of carbonyl (C=O) groups is 1. The molecule has 0 aromatic heterocycles. The van der Waals surface area contributed by atoms with Gasteiger partial charge in [-0.25, -0.2) is 4.39 Å². The summed E-state index contributed by atoms with van der Waals surface area (Å²) in [6.45, 7) is 10.4. The highest BCUT2D eigenvalue weighted by molar-refractivity contribution is 5.71. The largest absolute Gasteiger partial charge is 0.497 e. The van der Waals surface area contributed by atoms with Crippen LogP contribution >= 0.6 is 0 Å². The van der Waals surface area contributed by atoms with Crippen LogP contribution in [0.5, 0.6) is 11.5 Å². The Bertz CT molecular complexity index is 1280. The molecule has 0 amide bonds. The molecule has 0 saturated carbocycles. The molecule has 5 nitrogen and oxygen atoms in total. The molecule has 0 aliphatic rings. The van der Waals surface area contributed by atoms with Crippen LogP contribution in [0.25, 0.3) is 11.1 Å². The van der Waals surface area contributed by atoms with E-state index in [1.54, 1.807) is 26.4 Å². The van der Waals surface area contributed by atoms with Crippen molar-refractivity contribution in [3.8, 4) is 22.6 Å². The lowest BCUT2D eigenvalue weighted by Crippen LogP contribution is -2.22. The van der Waals surface area contributed by atoms with Gasteiger partial charge in [0.05, 0.1) is 19.6 Å². The lowest BCUT2D eigenvalue weighted by molar-refractivity contribution is -0.137. The average Bonchev–Trinajstić information content (AvgIpc) is 2.92. The summed E-state index contributed by atoms with van der Waals surface area (Å²) < 4.78 is 32.5. The van der Waals surface area contributed by atoms with Crippen LogP contribution in [0.15, 0.2) is 73.3 Å². The summed E-state index contributed by atoms with van der Waals surface area (Å²) in [6.07, 6.45) is 3.21. The molecule has 0 radical (unpaired) electrons. The number of aliphatic carboxylic acids is 1. The van der Waals surface area contributed by atoms with Gasteiger partial charge in [0.2, 0.25) is 0 Å². The van der Waals surface area contributed by atoms with E-state index in [0.29, 0.717) is 22.6 Å². The fraction of sp³-hybridized carbons (Fsp3) is 0.364. The van der Waals surface area contributed by atoms with Crippen molar-refractivity contribution >= 4 is 5.97 Å². The highest BCUT2D eigenvalue weighted by Gasteiger charge is 2.31. The quantitative estimate of drug-likeness (QED) is 0.211. The minimum atomic E-state index is -0.810. The number of benzene rings is 3. The highest BCUT2D eigenvalue weighted by atomic mass is 19.1. The van der Waals surface area contributed by atoms with Crippen LogP contribution in [-0.4, -0.2) is 25.3 Å². The Kier molecular flexibility index (Phi) is 10.3. The van der Waals surface area contributed by atoms with Crippen molar-refractivity contribution in [2.45, 2.75) is 58.7 Å². The summed E-state index contributed by atoms with van der Waals surface area (Å²) in [5, 5.41) is 9.33. The van der Waals surface area contributed by atoms with Gasteiger partial charge in [-0.2, -0.15) is 0 Å². The van der Waals surface area contributed by atoms with Crippen LogP contribution in [0.2, 0.25) is 0 Å². The van der Waals surface area contributed by atoms with Gasteiger partial charge in [-0.1, -0.05) is 57.5 Å². The van der Waals surface area contributed by atoms with E-state index in [-0.39, 0.29) is 24.8 Å². The van der Waals surface area contributed by atoms with E-state index in [0.717, 1.165) is 29.5 Å². The molecule has 0 saturated heterocycles. The van der Waals surface area contributed by atoms with Gasteiger partial charge in [-0.15, -0.1) is 6.58 Å². The van der Waals surface area contributed by atoms with Gasteiger partial charge >= 0.3 is 5.97 Å². The van der Waals surface area contributed by atoms with Crippen molar-refractivity contribution in [2.75, 3.05) is 14.2 Å². The second kappa shape index (κ2) is 13.4. The highest BCUT2D eigenvalue weighted by Crippen LogP contribution is 2.43. The molecule has 0 fully saturated rings. The Morgan fingerprint density at radius 3 is 2.46 bits per heavy atom. The predicted molar refractivity (Wildman–Crippen MR) is 153 cm³/mol. The van der Waals surface area contributed by atoms with E-state index in [1.807, 2.05) is 62.4 Å². The van der Waals surface area contributed by atoms with E-state index in [9.17, 15) is 9.90 Å². The van der Waals surface area contributed by atoms with Crippen LogP contribution < -0.4 is 9.47 Å². The first-order valence-electron chi connectivity index (χ1n) is 13.2. The standard InChI is InChI=1S/C33H39FO5/c1-7-10-23(19-31(35)36)24-11-9-12-26(18-24)39-21-22-13-15-27(28-20-25(37-5)14-16-30(28)34)29(17-22)32(38-6)33(3,4)8-2/h8-9,11-18,20,23,32H,2,7,10,19,21H2,1,3-6H3,(H,35,36)/t23-,32-/m1/s1. The Labute approximate surface area is 231 Å². The molecule has 0 aliphatic carbocycles. The van der Waals surface area contributed by atoms with Crippen molar-refractivity contribution in [1.82, 2.24) is 0 Å². The van der Waals surface area contributed by atoms with Crippen LogP contribution in [-0.2, 0) is 16.1 Å². The first-order chi connectivity index (χ1) is 18.6. The molecule has 1 N–H and O–H groups in total. The molecule has 0 unspecified atom stereocenters. The Balaban J connectivity index is 1.98. The van der Waals surface area contributed by atoms with Crippen LogP contribution in [0, 0.1) is 11.2 Å². The smallest absolute Gasteiger partial charge is 0.303 e. The minimum absolute atomic E-state index is 0.0664. The Morgan fingerprint density at radius 2 is 1.82 bits per heavy atom. The van der Waals surface area contributed by atoms with Crippen molar-refractivity contribution in [1.29, 1.82) is 0 Å². The van der Waals surface area contributed by atoms with Crippen molar-refractivity contribution in [3.05, 3.63) is 95.8 Å². The molecule has 3 aromatic rings. The third-order valence-electron chi connectivity index (χ3n) is 7.09. The van der Waals surface area contributed by atoms with Gasteiger partial charge in [0, 0.05) is 18.1 Å². The van der Waals surface area contributed by atoms with Gasteiger partial charge in [0.1, 0.15) is 23.9 Å². The predicted octanol–water partition coefficient (Wildman–Crippen LogP) is 8.34. The number of carboxylic acids is 1. The lowest BCUT2D eigenvalue weighted by atomic mass is 9.79. The maximum Gasteiger partial charge on any atom is 0.303 e. The van der Waals surface area contributed by atoms with Crippen LogP contribution in [0.4, 0.5) is 4.39 Å². The fourth-order valence-corrected chi connectivity index (χ4v) is 4.91. The second-order valence-electron chi connectivity index (χ2n) is 10.4. The summed E-state index contributed by atoms with van der Waals surface area (Å²) >= 11 is 0. The number of ether oxygens (including phenoxy) is 3. The number of methoxy groups -OCH3 is 2. The summed E-state index contributed by atoms with van der Waals surface area (Å²) in [4.78, 5) is 11.4. The number of hydrogen-bond acceptors (Lipinski definition) is 4. The van der Waals surface area contributed by atoms with E-state index in [1.165, 1.54) is 6.07 Å². The molecule has 3 aromatic carbocycles. The molecular weight excluding hydrogens is 495 g/mol. The molecule has 0 bridgehead atoms. The number of carboxylic acid groups (broad SMARTS) is 1. The van der Waals surface area contributed by atoms with Crippen LogP contribution in [0.3, 0.4) is 0 Å². The van der Waals surface area contributed by atoms with Gasteiger partial charge in [0.15, 0.2) is 0 Å². The summed E-state index contributed by atoms with van der Waals surface area (Å²) in [7, 11) is 3.19. The maximum atomic E-state index is 15.0. The summed E-state index contributed by atoms with van der Waals surface area (Å²) in [5.74, 6) is -0.00513. The molecule has 39 heavy (non-hydrogen) atoms. The second-order valence-corrected chi connectivity index (χ2v) is 10.4. The van der Waals surface area contributed by atoms with E-state index in [4.69, 9.17) is 14.2 Å². The van der Waals surface area contributed by atoms with E-state index >= 15 is 4.39 Å². The molecule has 208 valence electrons. The van der Waals surface area contributed by atoms with Gasteiger partial charge in [0.25, 0.3) is 0 Å². The topological polar surface area (TPSA) is 65.0 Å². The van der Waals surface area contributed by atoms with Gasteiger partial charge < -0.3 is 19.3 Å². The third kappa shape index (κ3) is 7.48. The molecular formula is C33H39FO5. The van der Waals surface area contributed by atoms with Crippen molar-refractivity contribution in [3.63, 3.8) is 0 Å². The molecule has 3 rings (SSSR count). The van der Waals surface area contributed by atoms with Gasteiger partial charge in [-0.3, -0.25) is 4.79 Å². The minimum Gasteiger partial charge on any atom is -0.497 e. The monoisotopic (exact) mass is 534 g/mol. The normalized spacial score (nSPS) is 13.0. The lowest BCUT2D eigenvalue weighted by Gasteiger charge is -2.32. The van der Waals surface area contributed by atoms with E-state index in [2.05, 4.69) is 13.5 Å². The number of rotatable bonds is 14. The summed E-state index contributed by atoms with van der Waals surface area (Å²) in [6, 6.07) is 18.1. The molecule has 2 atom stereocenters. The Morgan fingerprint density at radius 1 is 1.05 bits per heavy atom. The zero-order valence-electron chi connectivity index (χ0n) is 23.5. The zero-order chi connectivity index (χ0) is 28.6. The fourth-order valence-electron chi connectivity index (χ4n) is 4.91.